The van der Waals surface area contributed by atoms with Crippen molar-refractivity contribution in [3.63, 3.8) is 0 Å². The molecule has 30 heavy (non-hydrogen) atoms. The lowest BCUT2D eigenvalue weighted by molar-refractivity contribution is 0.0746. The van der Waals surface area contributed by atoms with Gasteiger partial charge in [-0.1, -0.05) is 12.1 Å². The van der Waals surface area contributed by atoms with Gasteiger partial charge >= 0.3 is 0 Å². The highest BCUT2D eigenvalue weighted by atomic mass is 32.2. The molecule has 1 aromatic heterocycles. The average molecular weight is 427 g/mol. The van der Waals surface area contributed by atoms with Crippen molar-refractivity contribution in [1.82, 2.24) is 19.1 Å². The largest absolute Gasteiger partial charge is 0.495 e. The van der Waals surface area contributed by atoms with Crippen molar-refractivity contribution >= 4 is 21.6 Å². The van der Waals surface area contributed by atoms with Crippen molar-refractivity contribution in [3.8, 4) is 5.75 Å². The molecule has 2 heterocycles. The molecule has 0 spiro atoms. The molecule has 0 radical (unpaired) electrons. The first kappa shape index (κ1) is 19.9. The van der Waals surface area contributed by atoms with Crippen molar-refractivity contribution < 1.29 is 17.9 Å². The predicted octanol–water partition coefficient (Wildman–Crippen LogP) is 1.49. The lowest BCUT2D eigenvalue weighted by atomic mass is 10.1. The van der Waals surface area contributed by atoms with E-state index in [9.17, 15) is 13.2 Å². The van der Waals surface area contributed by atoms with E-state index in [4.69, 9.17) is 4.74 Å². The van der Waals surface area contributed by atoms with E-state index in [1.165, 1.54) is 24.3 Å². The molecule has 4 rings (SSSR count). The Labute approximate surface area is 174 Å². The van der Waals surface area contributed by atoms with Crippen LogP contribution in [0.2, 0.25) is 0 Å². The third-order valence-electron chi connectivity index (χ3n) is 5.04. The number of carbonyl (C=O) groups excluding carboxylic acids is 1. The number of rotatable bonds is 5. The van der Waals surface area contributed by atoms with E-state index in [0.29, 0.717) is 31.7 Å². The van der Waals surface area contributed by atoms with Crippen LogP contribution >= 0.6 is 0 Å². The van der Waals surface area contributed by atoms with Crippen LogP contribution in [0.15, 0.2) is 66.1 Å². The van der Waals surface area contributed by atoms with Crippen molar-refractivity contribution in [1.29, 1.82) is 0 Å². The summed E-state index contributed by atoms with van der Waals surface area (Å²) in [5.74, 6) is 0.681. The summed E-state index contributed by atoms with van der Waals surface area (Å²) in [5, 5.41) is 3.67. The first-order chi connectivity index (χ1) is 14.5. The molecule has 156 valence electrons. The summed E-state index contributed by atoms with van der Waals surface area (Å²) in [6.45, 7) is 2.50. The van der Waals surface area contributed by atoms with Gasteiger partial charge in [-0.15, -0.1) is 9.19 Å². The van der Waals surface area contributed by atoms with E-state index in [-0.39, 0.29) is 10.8 Å². The molecule has 1 aliphatic heterocycles. The minimum absolute atomic E-state index is 0.0468. The summed E-state index contributed by atoms with van der Waals surface area (Å²) in [4.78, 5) is 20.5. The zero-order valence-electron chi connectivity index (χ0n) is 16.4. The molecule has 10 heteroatoms. The highest BCUT2D eigenvalue weighted by molar-refractivity contribution is 7.89. The van der Waals surface area contributed by atoms with Crippen LogP contribution in [0.3, 0.4) is 0 Å². The number of benzene rings is 2. The van der Waals surface area contributed by atoms with Crippen LogP contribution in [0.5, 0.6) is 5.75 Å². The van der Waals surface area contributed by atoms with Gasteiger partial charge < -0.3 is 14.5 Å². The van der Waals surface area contributed by atoms with Crippen LogP contribution in [0.1, 0.15) is 10.4 Å². The van der Waals surface area contributed by atoms with E-state index in [2.05, 4.69) is 15.0 Å². The molecule has 1 amide bonds. The highest BCUT2D eigenvalue weighted by Gasteiger charge is 2.24. The van der Waals surface area contributed by atoms with Gasteiger partial charge in [0.2, 0.25) is 0 Å². The van der Waals surface area contributed by atoms with Crippen LogP contribution in [0.25, 0.3) is 0 Å². The van der Waals surface area contributed by atoms with E-state index in [0.717, 1.165) is 28.2 Å². The second kappa shape index (κ2) is 8.15. The molecule has 1 fully saturated rings. The number of amides is 1. The Morgan fingerprint density at radius 2 is 1.70 bits per heavy atom. The molecule has 0 unspecified atom stereocenters. The number of anilines is 1. The Bertz CT molecular complexity index is 1120. The van der Waals surface area contributed by atoms with Gasteiger partial charge in [0.25, 0.3) is 15.9 Å². The minimum atomic E-state index is -3.81. The summed E-state index contributed by atoms with van der Waals surface area (Å²) in [6, 6.07) is 13.7. The molecule has 1 saturated heterocycles. The quantitative estimate of drug-likeness (QED) is 0.608. The normalized spacial score (nSPS) is 14.6. The first-order valence-corrected chi connectivity index (χ1v) is 10.8. The van der Waals surface area contributed by atoms with Gasteiger partial charge in [0, 0.05) is 31.7 Å². The van der Waals surface area contributed by atoms with Crippen LogP contribution < -0.4 is 9.64 Å². The maximum atomic E-state index is 12.9. The zero-order valence-corrected chi connectivity index (χ0v) is 17.2. The van der Waals surface area contributed by atoms with Gasteiger partial charge in [-0.25, -0.2) is 4.98 Å². The first-order valence-electron chi connectivity index (χ1n) is 9.38. The Kier molecular flexibility index (Phi) is 5.40. The number of hydrogen-bond donors (Lipinski definition) is 0. The Morgan fingerprint density at radius 1 is 1.00 bits per heavy atom. The van der Waals surface area contributed by atoms with Gasteiger partial charge in [-0.3, -0.25) is 4.79 Å². The number of ether oxygens (including phenoxy) is 1. The van der Waals surface area contributed by atoms with Gasteiger partial charge in [-0.05, 0) is 36.4 Å². The molecule has 9 nitrogen and oxygen atoms in total. The number of para-hydroxylation sites is 2. The molecule has 0 aliphatic carbocycles. The fourth-order valence-electron chi connectivity index (χ4n) is 3.42. The van der Waals surface area contributed by atoms with Gasteiger partial charge in [0.15, 0.2) is 0 Å². The minimum Gasteiger partial charge on any atom is -0.495 e. The number of aromatic nitrogens is 3. The van der Waals surface area contributed by atoms with Crippen LogP contribution in [-0.2, 0) is 10.0 Å². The van der Waals surface area contributed by atoms with Crippen LogP contribution in [-0.4, -0.2) is 66.7 Å². The average Bonchev–Trinajstić information content (AvgIpc) is 3.35. The third-order valence-corrected chi connectivity index (χ3v) is 6.58. The smallest absolute Gasteiger partial charge is 0.284 e. The monoisotopic (exact) mass is 427 g/mol. The number of nitrogens with zero attached hydrogens (tertiary/aromatic N) is 5. The Balaban J connectivity index is 1.43. The molecule has 1 aliphatic rings. The van der Waals surface area contributed by atoms with Crippen molar-refractivity contribution in [2.45, 2.75) is 4.90 Å². The van der Waals surface area contributed by atoms with E-state index in [1.807, 2.05) is 24.3 Å². The molecule has 3 aromatic rings. The molecule has 0 N–H and O–H groups in total. The fourth-order valence-corrected chi connectivity index (χ4v) is 4.46. The number of hydrogen-bond acceptors (Lipinski definition) is 7. The summed E-state index contributed by atoms with van der Waals surface area (Å²) in [7, 11) is -2.16. The number of carbonyl (C=O) groups is 1. The van der Waals surface area contributed by atoms with Gasteiger partial charge in [0.05, 0.1) is 17.7 Å². The summed E-state index contributed by atoms with van der Waals surface area (Å²) < 4.78 is 31.1. The summed E-state index contributed by atoms with van der Waals surface area (Å²) in [5.41, 5.74) is 1.45. The van der Waals surface area contributed by atoms with Crippen molar-refractivity contribution in [2.24, 2.45) is 0 Å². The number of piperazine rings is 1. The molecular formula is C20H21N5O4S. The SMILES string of the molecule is COc1ccccc1N1CCN(C(=O)c2ccc(S(=O)(=O)n3cncn3)cc2)CC1. The van der Waals surface area contributed by atoms with Crippen LogP contribution in [0.4, 0.5) is 5.69 Å². The Morgan fingerprint density at radius 3 is 2.33 bits per heavy atom. The topological polar surface area (TPSA) is 97.6 Å². The standard InChI is InChI=1S/C20H21N5O4S/c1-29-19-5-3-2-4-18(19)23-10-12-24(13-11-23)20(26)16-6-8-17(9-7-16)30(27,28)25-15-21-14-22-25/h2-9,14-15H,10-13H2,1H3. The predicted molar refractivity (Wildman–Crippen MR) is 110 cm³/mol. The molecule has 0 atom stereocenters. The maximum absolute atomic E-state index is 12.9. The van der Waals surface area contributed by atoms with E-state index < -0.39 is 10.0 Å². The summed E-state index contributed by atoms with van der Waals surface area (Å²) >= 11 is 0. The Hall–Kier alpha value is -3.40. The third kappa shape index (κ3) is 3.73. The molecule has 0 saturated carbocycles. The second-order valence-electron chi connectivity index (χ2n) is 6.75. The van der Waals surface area contributed by atoms with Crippen LogP contribution in [0, 0.1) is 0 Å². The zero-order chi connectivity index (χ0) is 21.1. The molecular weight excluding hydrogens is 406 g/mol. The van der Waals surface area contributed by atoms with Crippen molar-refractivity contribution in [2.75, 3.05) is 38.2 Å². The van der Waals surface area contributed by atoms with Crippen molar-refractivity contribution in [3.05, 3.63) is 66.7 Å². The fraction of sp³-hybridized carbons (Fsp3) is 0.250. The van der Waals surface area contributed by atoms with Gasteiger partial charge in [0.1, 0.15) is 18.4 Å². The lowest BCUT2D eigenvalue weighted by Crippen LogP contribution is -2.48. The maximum Gasteiger partial charge on any atom is 0.284 e. The van der Waals surface area contributed by atoms with E-state index >= 15 is 0 Å². The molecule has 0 bridgehead atoms. The molecule has 2 aromatic carbocycles. The second-order valence-corrected chi connectivity index (χ2v) is 8.54. The summed E-state index contributed by atoms with van der Waals surface area (Å²) in [6.07, 6.45) is 2.27. The van der Waals surface area contributed by atoms with Gasteiger partial charge in [-0.2, -0.15) is 8.42 Å². The lowest BCUT2D eigenvalue weighted by Gasteiger charge is -2.36. The van der Waals surface area contributed by atoms with E-state index in [1.54, 1.807) is 12.0 Å². The number of methoxy groups -OCH3 is 1. The highest BCUT2D eigenvalue weighted by Crippen LogP contribution is 2.28.